The topological polar surface area (TPSA) is 95.3 Å². The lowest BCUT2D eigenvalue weighted by atomic mass is 10.1. The highest BCUT2D eigenvalue weighted by atomic mass is 16.5. The zero-order chi connectivity index (χ0) is 22.0. The molecular formula is C24H20N4O3. The largest absolute Gasteiger partial charge is 0.489 e. The molecule has 1 aliphatic heterocycles. The number of benzene rings is 2. The van der Waals surface area contributed by atoms with Gasteiger partial charge in [0.25, 0.3) is 11.8 Å². The summed E-state index contributed by atoms with van der Waals surface area (Å²) in [7, 11) is 1.61. The van der Waals surface area contributed by atoms with Crippen molar-refractivity contribution in [3.8, 4) is 23.1 Å². The van der Waals surface area contributed by atoms with Crippen LogP contribution in [0.25, 0.3) is 11.3 Å². The number of likely N-dealkylation sites (N-methyl/N-ethyl adjacent to an activating group) is 1. The van der Waals surface area contributed by atoms with E-state index in [-0.39, 0.29) is 18.2 Å². The molecule has 0 saturated heterocycles. The minimum Gasteiger partial charge on any atom is -0.489 e. The Morgan fingerprint density at radius 1 is 1.19 bits per heavy atom. The van der Waals surface area contributed by atoms with E-state index < -0.39 is 11.9 Å². The maximum atomic E-state index is 12.9. The third kappa shape index (κ3) is 3.96. The maximum Gasteiger partial charge on any atom is 0.270 e. The van der Waals surface area contributed by atoms with Crippen LogP contribution in [-0.2, 0) is 4.79 Å². The summed E-state index contributed by atoms with van der Waals surface area (Å²) < 4.78 is 5.74. The lowest BCUT2D eigenvalue weighted by Gasteiger charge is -2.20. The molecule has 0 bridgehead atoms. The Morgan fingerprint density at radius 2 is 1.97 bits per heavy atom. The molecule has 2 heterocycles. The molecule has 154 valence electrons. The SMILES string of the molecule is Cc1ccc(C(=O)N[C@H]2COc3cc(C#N)ccc3N(C)C2=O)nc1-c1ccccc1. The average molecular weight is 412 g/mol. The summed E-state index contributed by atoms with van der Waals surface area (Å²) in [5.41, 5.74) is 3.76. The van der Waals surface area contributed by atoms with Gasteiger partial charge in [-0.3, -0.25) is 9.59 Å². The summed E-state index contributed by atoms with van der Waals surface area (Å²) in [6.07, 6.45) is 0. The minimum absolute atomic E-state index is 0.0474. The predicted molar refractivity (Wildman–Crippen MR) is 116 cm³/mol. The molecule has 1 N–H and O–H groups in total. The van der Waals surface area contributed by atoms with Gasteiger partial charge in [0.1, 0.15) is 24.1 Å². The molecule has 7 heteroatoms. The van der Waals surface area contributed by atoms with Crippen molar-refractivity contribution < 1.29 is 14.3 Å². The number of rotatable bonds is 3. The molecule has 1 atom stereocenters. The molecule has 0 fully saturated rings. The number of nitriles is 1. The number of nitrogens with zero attached hydrogens (tertiary/aromatic N) is 3. The Labute approximate surface area is 179 Å². The maximum absolute atomic E-state index is 12.9. The van der Waals surface area contributed by atoms with Gasteiger partial charge < -0.3 is 15.0 Å². The van der Waals surface area contributed by atoms with Crippen molar-refractivity contribution in [3.05, 3.63) is 77.5 Å². The number of carbonyl (C=O) groups is 2. The molecule has 0 aliphatic carbocycles. The van der Waals surface area contributed by atoms with Crippen LogP contribution in [0.2, 0.25) is 0 Å². The van der Waals surface area contributed by atoms with E-state index in [0.29, 0.717) is 22.7 Å². The zero-order valence-corrected chi connectivity index (χ0v) is 17.1. The van der Waals surface area contributed by atoms with Gasteiger partial charge in [0.15, 0.2) is 0 Å². The smallest absolute Gasteiger partial charge is 0.270 e. The Bertz CT molecular complexity index is 1200. The molecule has 0 spiro atoms. The van der Waals surface area contributed by atoms with Crippen LogP contribution in [0.1, 0.15) is 21.6 Å². The third-order valence-electron chi connectivity index (χ3n) is 5.17. The summed E-state index contributed by atoms with van der Waals surface area (Å²) in [4.78, 5) is 31.8. The van der Waals surface area contributed by atoms with E-state index in [9.17, 15) is 9.59 Å². The van der Waals surface area contributed by atoms with E-state index in [1.54, 1.807) is 31.3 Å². The number of aryl methyl sites for hydroxylation is 1. The van der Waals surface area contributed by atoms with Gasteiger partial charge in [0, 0.05) is 18.7 Å². The fourth-order valence-electron chi connectivity index (χ4n) is 3.45. The summed E-state index contributed by atoms with van der Waals surface area (Å²) in [5, 5.41) is 11.8. The highest BCUT2D eigenvalue weighted by molar-refractivity contribution is 6.03. The fourth-order valence-corrected chi connectivity index (χ4v) is 3.45. The van der Waals surface area contributed by atoms with E-state index >= 15 is 0 Å². The first kappa shape index (κ1) is 20.1. The molecule has 2 amide bonds. The van der Waals surface area contributed by atoms with Crippen molar-refractivity contribution in [2.45, 2.75) is 13.0 Å². The third-order valence-corrected chi connectivity index (χ3v) is 5.17. The van der Waals surface area contributed by atoms with Gasteiger partial charge in [-0.05, 0) is 30.7 Å². The summed E-state index contributed by atoms with van der Waals surface area (Å²) in [6.45, 7) is 1.88. The highest BCUT2D eigenvalue weighted by Gasteiger charge is 2.31. The summed E-state index contributed by atoms with van der Waals surface area (Å²) in [5.74, 6) is -0.352. The number of aromatic nitrogens is 1. The first-order chi connectivity index (χ1) is 15.0. The number of amides is 2. The lowest BCUT2D eigenvalue weighted by Crippen LogP contribution is -2.49. The molecule has 0 saturated carbocycles. The predicted octanol–water partition coefficient (Wildman–Crippen LogP) is 3.08. The number of nitrogens with one attached hydrogen (secondary N) is 1. The van der Waals surface area contributed by atoms with Gasteiger partial charge in [-0.2, -0.15) is 5.26 Å². The molecule has 1 aromatic heterocycles. The lowest BCUT2D eigenvalue weighted by molar-refractivity contribution is -0.120. The molecular weight excluding hydrogens is 392 g/mol. The summed E-state index contributed by atoms with van der Waals surface area (Å²) in [6, 6.07) is 19.1. The van der Waals surface area contributed by atoms with Crippen LogP contribution >= 0.6 is 0 Å². The van der Waals surface area contributed by atoms with Crippen molar-refractivity contribution in [2.24, 2.45) is 0 Å². The normalized spacial score (nSPS) is 15.3. The van der Waals surface area contributed by atoms with Crippen LogP contribution in [0.4, 0.5) is 5.69 Å². The van der Waals surface area contributed by atoms with Crippen LogP contribution < -0.4 is 15.0 Å². The van der Waals surface area contributed by atoms with E-state index in [1.807, 2.05) is 43.3 Å². The first-order valence-corrected chi connectivity index (χ1v) is 9.76. The molecule has 7 nitrogen and oxygen atoms in total. The van der Waals surface area contributed by atoms with Crippen LogP contribution in [-0.4, -0.2) is 36.5 Å². The molecule has 0 radical (unpaired) electrons. The molecule has 4 rings (SSSR count). The molecule has 1 aliphatic rings. The molecule has 31 heavy (non-hydrogen) atoms. The van der Waals surface area contributed by atoms with Gasteiger partial charge >= 0.3 is 0 Å². The van der Waals surface area contributed by atoms with Crippen molar-refractivity contribution in [3.63, 3.8) is 0 Å². The second kappa shape index (κ2) is 8.28. The number of carbonyl (C=O) groups excluding carboxylic acids is 2. The second-order valence-corrected chi connectivity index (χ2v) is 7.26. The van der Waals surface area contributed by atoms with Crippen LogP contribution in [0, 0.1) is 18.3 Å². The number of hydrogen-bond acceptors (Lipinski definition) is 5. The van der Waals surface area contributed by atoms with Crippen molar-refractivity contribution in [2.75, 3.05) is 18.6 Å². The number of ether oxygens (including phenoxy) is 1. The van der Waals surface area contributed by atoms with Gasteiger partial charge in [0.05, 0.1) is 23.0 Å². The van der Waals surface area contributed by atoms with Gasteiger partial charge in [-0.15, -0.1) is 0 Å². The zero-order valence-electron chi connectivity index (χ0n) is 17.1. The molecule has 0 unspecified atom stereocenters. The molecule has 3 aromatic rings. The molecule has 2 aromatic carbocycles. The number of fused-ring (bicyclic) bond motifs is 1. The van der Waals surface area contributed by atoms with Gasteiger partial charge in [-0.1, -0.05) is 36.4 Å². The van der Waals surface area contributed by atoms with Crippen molar-refractivity contribution in [1.82, 2.24) is 10.3 Å². The van der Waals surface area contributed by atoms with Crippen LogP contribution in [0.3, 0.4) is 0 Å². The Hall–Kier alpha value is -4.18. The Kier molecular flexibility index (Phi) is 5.37. The standard InChI is InChI=1S/C24H20N4O3/c1-15-8-10-18(26-22(15)17-6-4-3-5-7-17)23(29)27-19-14-31-21-12-16(13-25)9-11-20(21)28(2)24(19)30/h3-12,19H,14H2,1-2H3,(H,27,29)/t19-/m0/s1. The van der Waals surface area contributed by atoms with E-state index in [4.69, 9.17) is 10.00 Å². The van der Waals surface area contributed by atoms with E-state index in [0.717, 1.165) is 11.1 Å². The number of hydrogen-bond donors (Lipinski definition) is 1. The first-order valence-electron chi connectivity index (χ1n) is 9.76. The van der Waals surface area contributed by atoms with Crippen molar-refractivity contribution >= 4 is 17.5 Å². The van der Waals surface area contributed by atoms with Crippen LogP contribution in [0.15, 0.2) is 60.7 Å². The van der Waals surface area contributed by atoms with Gasteiger partial charge in [0.2, 0.25) is 0 Å². The monoisotopic (exact) mass is 412 g/mol. The van der Waals surface area contributed by atoms with E-state index in [2.05, 4.69) is 16.4 Å². The quantitative estimate of drug-likeness (QED) is 0.713. The van der Waals surface area contributed by atoms with Crippen LogP contribution in [0.5, 0.6) is 5.75 Å². The minimum atomic E-state index is -0.890. The fraction of sp³-hybridized carbons (Fsp3) is 0.167. The Balaban J connectivity index is 1.57. The summed E-state index contributed by atoms with van der Waals surface area (Å²) >= 11 is 0. The highest BCUT2D eigenvalue weighted by Crippen LogP contribution is 2.31. The number of pyridine rings is 1. The van der Waals surface area contributed by atoms with Gasteiger partial charge in [-0.25, -0.2) is 4.98 Å². The average Bonchev–Trinajstić information content (AvgIpc) is 2.91. The number of anilines is 1. The van der Waals surface area contributed by atoms with Crippen molar-refractivity contribution in [1.29, 1.82) is 5.26 Å². The Morgan fingerprint density at radius 3 is 2.71 bits per heavy atom. The van der Waals surface area contributed by atoms with E-state index in [1.165, 1.54) is 4.90 Å². The second-order valence-electron chi connectivity index (χ2n) is 7.26.